The first-order valence-electron chi connectivity index (χ1n) is 6.09. The predicted molar refractivity (Wildman–Crippen MR) is 67.5 cm³/mol. The topological polar surface area (TPSA) is 43.8 Å². The van der Waals surface area contributed by atoms with E-state index in [9.17, 15) is 0 Å². The number of hydrogen-bond acceptors (Lipinski definition) is 2. The lowest BCUT2D eigenvalue weighted by Crippen LogP contribution is -2.28. The van der Waals surface area contributed by atoms with Crippen molar-refractivity contribution >= 4 is 17.4 Å². The fourth-order valence-corrected chi connectivity index (χ4v) is 2.97. The van der Waals surface area contributed by atoms with Crippen LogP contribution in [0.1, 0.15) is 45.6 Å². The Hall–Kier alpha value is -0.700. The Morgan fingerprint density at radius 1 is 1.44 bits per heavy atom. The molecule has 1 saturated carbocycles. The number of anilines is 1. The lowest BCUT2D eigenvalue weighted by molar-refractivity contribution is 0.174. The molecule has 2 rings (SSSR count). The van der Waals surface area contributed by atoms with Gasteiger partial charge in [0.1, 0.15) is 10.8 Å². The van der Waals surface area contributed by atoms with E-state index in [0.29, 0.717) is 28.7 Å². The normalized spacial score (nSPS) is 26.2. The summed E-state index contributed by atoms with van der Waals surface area (Å²) in [5.74, 6) is 1.97. The SMILES string of the molecule is CC(C)C1CCCCC1n1ncc(Cl)c1N. The molecule has 1 aromatic rings. The smallest absolute Gasteiger partial charge is 0.140 e. The molecule has 0 aromatic carbocycles. The first-order chi connectivity index (χ1) is 7.61. The quantitative estimate of drug-likeness (QED) is 0.861. The van der Waals surface area contributed by atoms with Crippen LogP contribution in [-0.4, -0.2) is 9.78 Å². The Labute approximate surface area is 102 Å². The van der Waals surface area contributed by atoms with Gasteiger partial charge < -0.3 is 5.73 Å². The fourth-order valence-electron chi connectivity index (χ4n) is 2.84. The van der Waals surface area contributed by atoms with Crippen molar-refractivity contribution in [1.29, 1.82) is 0 Å². The Kier molecular flexibility index (Phi) is 3.43. The third-order valence-electron chi connectivity index (χ3n) is 3.74. The van der Waals surface area contributed by atoms with Gasteiger partial charge in [-0.1, -0.05) is 38.3 Å². The van der Waals surface area contributed by atoms with Gasteiger partial charge in [-0.2, -0.15) is 5.10 Å². The van der Waals surface area contributed by atoms with Crippen molar-refractivity contribution in [3.05, 3.63) is 11.2 Å². The van der Waals surface area contributed by atoms with Gasteiger partial charge in [-0.05, 0) is 24.7 Å². The molecule has 4 heteroatoms. The maximum Gasteiger partial charge on any atom is 0.140 e. The van der Waals surface area contributed by atoms with Gasteiger partial charge in [0.05, 0.1) is 12.2 Å². The molecule has 0 amide bonds. The maximum atomic E-state index is 5.97. The van der Waals surface area contributed by atoms with Gasteiger partial charge in [-0.15, -0.1) is 0 Å². The van der Waals surface area contributed by atoms with Crippen molar-refractivity contribution in [3.63, 3.8) is 0 Å². The molecule has 0 aliphatic heterocycles. The summed E-state index contributed by atoms with van der Waals surface area (Å²) in [5, 5.41) is 4.91. The van der Waals surface area contributed by atoms with Crippen LogP contribution in [0.4, 0.5) is 5.82 Å². The Bertz CT molecular complexity index is 359. The number of nitrogens with zero attached hydrogens (tertiary/aromatic N) is 2. The van der Waals surface area contributed by atoms with E-state index >= 15 is 0 Å². The first-order valence-corrected chi connectivity index (χ1v) is 6.47. The van der Waals surface area contributed by atoms with Crippen LogP contribution in [0.2, 0.25) is 5.02 Å². The number of nitrogens with two attached hydrogens (primary N) is 1. The van der Waals surface area contributed by atoms with Gasteiger partial charge in [0.25, 0.3) is 0 Å². The molecule has 1 fully saturated rings. The molecule has 3 nitrogen and oxygen atoms in total. The van der Waals surface area contributed by atoms with E-state index in [-0.39, 0.29) is 0 Å². The molecule has 1 aromatic heterocycles. The molecule has 2 N–H and O–H groups in total. The average molecular weight is 242 g/mol. The monoisotopic (exact) mass is 241 g/mol. The highest BCUT2D eigenvalue weighted by Crippen LogP contribution is 2.39. The van der Waals surface area contributed by atoms with Crippen LogP contribution in [0.25, 0.3) is 0 Å². The molecule has 0 saturated heterocycles. The zero-order chi connectivity index (χ0) is 11.7. The second kappa shape index (κ2) is 4.66. The van der Waals surface area contributed by atoms with Crippen LogP contribution in [-0.2, 0) is 0 Å². The summed E-state index contributed by atoms with van der Waals surface area (Å²) in [5.41, 5.74) is 5.96. The van der Waals surface area contributed by atoms with Crippen LogP contribution < -0.4 is 5.73 Å². The highest BCUT2D eigenvalue weighted by atomic mass is 35.5. The van der Waals surface area contributed by atoms with Gasteiger partial charge in [-0.3, -0.25) is 0 Å². The molecule has 2 atom stereocenters. The molecular weight excluding hydrogens is 222 g/mol. The summed E-state index contributed by atoms with van der Waals surface area (Å²) in [6.45, 7) is 4.56. The molecule has 1 aliphatic rings. The molecule has 16 heavy (non-hydrogen) atoms. The standard InChI is InChI=1S/C12H20ClN3/c1-8(2)9-5-3-4-6-11(9)16-12(14)10(13)7-15-16/h7-9,11H,3-6,14H2,1-2H3. The van der Waals surface area contributed by atoms with Crippen LogP contribution in [0, 0.1) is 11.8 Å². The number of rotatable bonds is 2. The molecule has 0 spiro atoms. The van der Waals surface area contributed by atoms with E-state index in [2.05, 4.69) is 18.9 Å². The van der Waals surface area contributed by atoms with Gasteiger partial charge in [0.15, 0.2) is 0 Å². The zero-order valence-electron chi connectivity index (χ0n) is 9.99. The maximum absolute atomic E-state index is 5.97. The zero-order valence-corrected chi connectivity index (χ0v) is 10.7. The van der Waals surface area contributed by atoms with E-state index in [0.717, 1.165) is 0 Å². The fraction of sp³-hybridized carbons (Fsp3) is 0.750. The number of halogens is 1. The van der Waals surface area contributed by atoms with Gasteiger partial charge in [0, 0.05) is 0 Å². The molecule has 90 valence electrons. The highest BCUT2D eigenvalue weighted by Gasteiger charge is 2.30. The number of nitrogen functional groups attached to an aromatic ring is 1. The van der Waals surface area contributed by atoms with E-state index < -0.39 is 0 Å². The molecule has 1 heterocycles. The van der Waals surface area contributed by atoms with Crippen LogP contribution >= 0.6 is 11.6 Å². The van der Waals surface area contributed by atoms with Crippen molar-refractivity contribution in [2.75, 3.05) is 5.73 Å². The largest absolute Gasteiger partial charge is 0.383 e. The van der Waals surface area contributed by atoms with Gasteiger partial charge in [-0.25, -0.2) is 4.68 Å². The summed E-state index contributed by atoms with van der Waals surface area (Å²) < 4.78 is 1.94. The summed E-state index contributed by atoms with van der Waals surface area (Å²) in [6.07, 6.45) is 6.70. The van der Waals surface area contributed by atoms with Crippen molar-refractivity contribution < 1.29 is 0 Å². The molecule has 0 bridgehead atoms. The average Bonchev–Trinajstić information content (AvgIpc) is 2.60. The predicted octanol–water partition coefficient (Wildman–Crippen LogP) is 3.51. The van der Waals surface area contributed by atoms with E-state index in [4.69, 9.17) is 17.3 Å². The Morgan fingerprint density at radius 2 is 2.12 bits per heavy atom. The van der Waals surface area contributed by atoms with Crippen molar-refractivity contribution in [2.45, 2.75) is 45.6 Å². The summed E-state index contributed by atoms with van der Waals surface area (Å²) in [7, 11) is 0. The van der Waals surface area contributed by atoms with E-state index in [1.807, 2.05) is 4.68 Å². The number of hydrogen-bond donors (Lipinski definition) is 1. The van der Waals surface area contributed by atoms with Crippen molar-refractivity contribution in [2.24, 2.45) is 11.8 Å². The van der Waals surface area contributed by atoms with Gasteiger partial charge >= 0.3 is 0 Å². The third-order valence-corrected chi connectivity index (χ3v) is 4.03. The molecule has 2 unspecified atom stereocenters. The second-order valence-corrected chi connectivity index (χ2v) is 5.49. The minimum Gasteiger partial charge on any atom is -0.383 e. The first kappa shape index (κ1) is 11.8. The Morgan fingerprint density at radius 3 is 2.69 bits per heavy atom. The van der Waals surface area contributed by atoms with Gasteiger partial charge in [0.2, 0.25) is 0 Å². The summed E-state index contributed by atoms with van der Waals surface area (Å²) in [6, 6.07) is 0.432. The summed E-state index contributed by atoms with van der Waals surface area (Å²) >= 11 is 5.97. The number of aromatic nitrogens is 2. The molecular formula is C12H20ClN3. The lowest BCUT2D eigenvalue weighted by atomic mass is 9.78. The van der Waals surface area contributed by atoms with Crippen LogP contribution in [0.3, 0.4) is 0 Å². The third kappa shape index (κ3) is 2.05. The van der Waals surface area contributed by atoms with E-state index in [1.165, 1.54) is 25.7 Å². The van der Waals surface area contributed by atoms with Crippen LogP contribution in [0.15, 0.2) is 6.20 Å². The second-order valence-electron chi connectivity index (χ2n) is 5.08. The molecule has 0 radical (unpaired) electrons. The minimum atomic E-state index is 0.432. The summed E-state index contributed by atoms with van der Waals surface area (Å²) in [4.78, 5) is 0. The Balaban J connectivity index is 2.26. The lowest BCUT2D eigenvalue weighted by Gasteiger charge is -2.34. The highest BCUT2D eigenvalue weighted by molar-refractivity contribution is 6.32. The van der Waals surface area contributed by atoms with Crippen molar-refractivity contribution in [1.82, 2.24) is 9.78 Å². The minimum absolute atomic E-state index is 0.432. The van der Waals surface area contributed by atoms with Crippen molar-refractivity contribution in [3.8, 4) is 0 Å². The molecule has 1 aliphatic carbocycles. The van der Waals surface area contributed by atoms with E-state index in [1.54, 1.807) is 6.20 Å². The van der Waals surface area contributed by atoms with Crippen LogP contribution in [0.5, 0.6) is 0 Å².